The van der Waals surface area contributed by atoms with E-state index in [2.05, 4.69) is 32.9 Å². The molecule has 0 heterocycles. The lowest BCUT2D eigenvalue weighted by molar-refractivity contribution is 0.165. The second-order valence-corrected chi connectivity index (χ2v) is 4.54. The van der Waals surface area contributed by atoms with Crippen LogP contribution in [-0.2, 0) is 0 Å². The Labute approximate surface area is 97.1 Å². The molecule has 0 aromatic heterocycles. The number of aryl methyl sites for hydroxylation is 3. The summed E-state index contributed by atoms with van der Waals surface area (Å²) in [6, 6.07) is 4.23. The molecule has 0 aliphatic carbocycles. The lowest BCUT2D eigenvalue weighted by Gasteiger charge is -2.17. The number of benzene rings is 1. The Hall–Kier alpha value is -0.530. The third-order valence-corrected chi connectivity index (χ3v) is 2.95. The van der Waals surface area contributed by atoms with Gasteiger partial charge >= 0.3 is 0 Å². The van der Waals surface area contributed by atoms with Gasteiger partial charge in [0.1, 0.15) is 0 Å². The first kappa shape index (κ1) is 12.5. The van der Waals surface area contributed by atoms with Crippen LogP contribution in [0.2, 0.25) is 0 Å². The van der Waals surface area contributed by atoms with Gasteiger partial charge < -0.3 is 5.11 Å². The van der Waals surface area contributed by atoms with Gasteiger partial charge in [-0.05, 0) is 50.3 Å². The molecule has 1 unspecified atom stereocenters. The maximum atomic E-state index is 10.0. The number of hydrogen-bond donors (Lipinski definition) is 1. The standard InChI is InChI=1S/C13H19ClO/c1-9-7-10(2)13(11(3)8-9)12(15)5-4-6-14/h7-8,12,15H,4-6H2,1-3H3. The molecule has 1 N–H and O–H groups in total. The summed E-state index contributed by atoms with van der Waals surface area (Å²) >= 11 is 5.63. The van der Waals surface area contributed by atoms with Crippen LogP contribution < -0.4 is 0 Å². The van der Waals surface area contributed by atoms with E-state index in [1.54, 1.807) is 0 Å². The molecule has 84 valence electrons. The number of rotatable bonds is 4. The van der Waals surface area contributed by atoms with E-state index in [-0.39, 0.29) is 6.10 Å². The normalized spacial score (nSPS) is 12.9. The molecule has 1 nitrogen and oxygen atoms in total. The van der Waals surface area contributed by atoms with Crippen molar-refractivity contribution in [2.24, 2.45) is 0 Å². The van der Waals surface area contributed by atoms with E-state index < -0.39 is 0 Å². The Bertz CT molecular complexity index is 310. The number of halogens is 1. The first-order chi connectivity index (χ1) is 7.06. The van der Waals surface area contributed by atoms with E-state index in [9.17, 15) is 5.11 Å². The van der Waals surface area contributed by atoms with Gasteiger partial charge in [-0.1, -0.05) is 17.7 Å². The molecule has 1 rings (SSSR count). The summed E-state index contributed by atoms with van der Waals surface area (Å²) in [5.41, 5.74) is 4.67. The molecule has 1 aromatic rings. The Balaban J connectivity index is 2.92. The van der Waals surface area contributed by atoms with Crippen LogP contribution in [0.1, 0.15) is 41.2 Å². The predicted octanol–water partition coefficient (Wildman–Crippen LogP) is 3.66. The Kier molecular flexibility index (Phi) is 4.62. The smallest absolute Gasteiger partial charge is 0.0795 e. The van der Waals surface area contributed by atoms with Crippen molar-refractivity contribution < 1.29 is 5.11 Å². The van der Waals surface area contributed by atoms with E-state index in [1.807, 2.05) is 0 Å². The minimum Gasteiger partial charge on any atom is -0.388 e. The minimum absolute atomic E-state index is 0.371. The zero-order chi connectivity index (χ0) is 11.4. The van der Waals surface area contributed by atoms with Crippen molar-refractivity contribution in [1.29, 1.82) is 0 Å². The summed E-state index contributed by atoms with van der Waals surface area (Å²) in [4.78, 5) is 0. The topological polar surface area (TPSA) is 20.2 Å². The van der Waals surface area contributed by atoms with Crippen LogP contribution in [0.5, 0.6) is 0 Å². The molecule has 0 aliphatic heterocycles. The van der Waals surface area contributed by atoms with Crippen molar-refractivity contribution in [2.75, 3.05) is 5.88 Å². The van der Waals surface area contributed by atoms with Crippen LogP contribution in [0.4, 0.5) is 0 Å². The highest BCUT2D eigenvalue weighted by Crippen LogP contribution is 2.26. The van der Waals surface area contributed by atoms with Crippen molar-refractivity contribution in [2.45, 2.75) is 39.7 Å². The molecule has 0 amide bonds. The van der Waals surface area contributed by atoms with Crippen LogP contribution in [0, 0.1) is 20.8 Å². The van der Waals surface area contributed by atoms with Crippen LogP contribution in [0.3, 0.4) is 0 Å². The highest BCUT2D eigenvalue weighted by molar-refractivity contribution is 6.17. The Morgan fingerprint density at radius 1 is 1.20 bits per heavy atom. The Morgan fingerprint density at radius 3 is 2.20 bits per heavy atom. The molecular weight excluding hydrogens is 208 g/mol. The van der Waals surface area contributed by atoms with Crippen molar-refractivity contribution in [3.05, 3.63) is 34.4 Å². The summed E-state index contributed by atoms with van der Waals surface area (Å²) < 4.78 is 0. The van der Waals surface area contributed by atoms with Gasteiger partial charge in [0, 0.05) is 5.88 Å². The molecule has 0 spiro atoms. The Morgan fingerprint density at radius 2 is 1.73 bits per heavy atom. The predicted molar refractivity (Wildman–Crippen MR) is 65.6 cm³/mol. The highest BCUT2D eigenvalue weighted by Gasteiger charge is 2.12. The van der Waals surface area contributed by atoms with E-state index in [1.165, 1.54) is 16.7 Å². The second kappa shape index (κ2) is 5.53. The van der Waals surface area contributed by atoms with Gasteiger partial charge in [-0.15, -0.1) is 11.6 Å². The van der Waals surface area contributed by atoms with Crippen LogP contribution in [0.15, 0.2) is 12.1 Å². The molecule has 2 heteroatoms. The third kappa shape index (κ3) is 3.22. The quantitative estimate of drug-likeness (QED) is 0.777. The number of hydrogen-bond acceptors (Lipinski definition) is 1. The van der Waals surface area contributed by atoms with Gasteiger partial charge in [-0.25, -0.2) is 0 Å². The van der Waals surface area contributed by atoms with Gasteiger partial charge in [-0.2, -0.15) is 0 Å². The van der Waals surface area contributed by atoms with E-state index in [4.69, 9.17) is 11.6 Å². The molecule has 0 saturated heterocycles. The van der Waals surface area contributed by atoms with Crippen LogP contribution in [-0.4, -0.2) is 11.0 Å². The number of aliphatic hydroxyl groups is 1. The third-order valence-electron chi connectivity index (χ3n) is 2.68. The van der Waals surface area contributed by atoms with Crippen molar-refractivity contribution in [3.63, 3.8) is 0 Å². The molecule has 0 bridgehead atoms. The molecule has 15 heavy (non-hydrogen) atoms. The maximum Gasteiger partial charge on any atom is 0.0795 e. The van der Waals surface area contributed by atoms with Gasteiger partial charge in [0.15, 0.2) is 0 Å². The van der Waals surface area contributed by atoms with E-state index in [0.717, 1.165) is 18.4 Å². The minimum atomic E-state index is -0.371. The number of aliphatic hydroxyl groups excluding tert-OH is 1. The molecule has 1 atom stereocenters. The number of alkyl halides is 1. The lowest BCUT2D eigenvalue weighted by atomic mass is 9.94. The maximum absolute atomic E-state index is 10.0. The lowest BCUT2D eigenvalue weighted by Crippen LogP contribution is -2.03. The summed E-state index contributed by atoms with van der Waals surface area (Å²) in [5, 5.41) is 10.0. The SMILES string of the molecule is Cc1cc(C)c(C(O)CCCCl)c(C)c1. The molecule has 1 aromatic carbocycles. The van der Waals surface area contributed by atoms with Crippen molar-refractivity contribution in [3.8, 4) is 0 Å². The largest absolute Gasteiger partial charge is 0.388 e. The zero-order valence-corrected chi connectivity index (χ0v) is 10.4. The van der Waals surface area contributed by atoms with E-state index >= 15 is 0 Å². The van der Waals surface area contributed by atoms with E-state index in [0.29, 0.717) is 5.88 Å². The summed E-state index contributed by atoms with van der Waals surface area (Å²) in [5.74, 6) is 0.612. The first-order valence-electron chi connectivity index (χ1n) is 5.38. The fourth-order valence-electron chi connectivity index (χ4n) is 2.13. The molecule has 0 radical (unpaired) electrons. The molecule has 0 fully saturated rings. The zero-order valence-electron chi connectivity index (χ0n) is 9.68. The highest BCUT2D eigenvalue weighted by atomic mass is 35.5. The van der Waals surface area contributed by atoms with Crippen LogP contribution >= 0.6 is 11.6 Å². The van der Waals surface area contributed by atoms with Crippen molar-refractivity contribution in [1.82, 2.24) is 0 Å². The first-order valence-corrected chi connectivity index (χ1v) is 5.91. The van der Waals surface area contributed by atoms with Gasteiger partial charge in [-0.3, -0.25) is 0 Å². The van der Waals surface area contributed by atoms with Gasteiger partial charge in [0.25, 0.3) is 0 Å². The van der Waals surface area contributed by atoms with Crippen molar-refractivity contribution >= 4 is 11.6 Å². The second-order valence-electron chi connectivity index (χ2n) is 4.16. The summed E-state index contributed by atoms with van der Waals surface area (Å²) in [6.45, 7) is 6.19. The van der Waals surface area contributed by atoms with Gasteiger partial charge in [0.2, 0.25) is 0 Å². The van der Waals surface area contributed by atoms with Gasteiger partial charge in [0.05, 0.1) is 6.10 Å². The summed E-state index contributed by atoms with van der Waals surface area (Å²) in [7, 11) is 0. The molecule has 0 saturated carbocycles. The molecular formula is C13H19ClO. The fraction of sp³-hybridized carbons (Fsp3) is 0.538. The average Bonchev–Trinajstić information content (AvgIpc) is 2.12. The molecule has 0 aliphatic rings. The summed E-state index contributed by atoms with van der Waals surface area (Å²) in [6.07, 6.45) is 1.23. The fourth-order valence-corrected chi connectivity index (χ4v) is 2.29. The average molecular weight is 227 g/mol. The van der Waals surface area contributed by atoms with Crippen LogP contribution in [0.25, 0.3) is 0 Å². The monoisotopic (exact) mass is 226 g/mol.